The Kier molecular flexibility index (Phi) is 6.56. The van der Waals surface area contributed by atoms with Crippen molar-refractivity contribution in [2.24, 2.45) is 0 Å². The van der Waals surface area contributed by atoms with Crippen molar-refractivity contribution >= 4 is 76.2 Å². The minimum Gasteiger partial charge on any atom is -0.456 e. The number of aromatic nitrogens is 3. The maximum absolute atomic E-state index is 6.28. The van der Waals surface area contributed by atoms with Crippen molar-refractivity contribution in [1.29, 1.82) is 0 Å². The van der Waals surface area contributed by atoms with Gasteiger partial charge in [0.15, 0.2) is 17.5 Å². The number of furan rings is 2. The van der Waals surface area contributed by atoms with E-state index >= 15 is 0 Å². The van der Waals surface area contributed by atoms with Crippen LogP contribution in [0.1, 0.15) is 0 Å². The van der Waals surface area contributed by atoms with Gasteiger partial charge in [-0.3, -0.25) is 0 Å². The molecule has 56 heavy (non-hydrogen) atoms. The van der Waals surface area contributed by atoms with E-state index in [0.29, 0.717) is 17.5 Å². The molecule has 0 radical (unpaired) electrons. The maximum Gasteiger partial charge on any atom is 0.164 e. The smallest absolute Gasteiger partial charge is 0.164 e. The Hall–Kier alpha value is -7.63. The maximum atomic E-state index is 6.28. The van der Waals surface area contributed by atoms with E-state index in [0.717, 1.165) is 98.6 Å². The van der Waals surface area contributed by atoms with Crippen LogP contribution in [-0.4, -0.2) is 15.0 Å². The summed E-state index contributed by atoms with van der Waals surface area (Å²) in [4.78, 5) is 15.8. The van der Waals surface area contributed by atoms with Gasteiger partial charge in [-0.15, -0.1) is 0 Å². The molecule has 0 unspecified atom stereocenters. The molecule has 0 bridgehead atoms. The highest BCUT2D eigenvalue weighted by molar-refractivity contribution is 6.19. The molecule has 12 rings (SSSR count). The topological polar surface area (TPSA) is 65.0 Å². The van der Waals surface area contributed by atoms with Gasteiger partial charge in [0.2, 0.25) is 0 Å². The number of hydrogen-bond acceptors (Lipinski definition) is 5. The Morgan fingerprint density at radius 1 is 0.286 bits per heavy atom. The second-order valence-corrected chi connectivity index (χ2v) is 14.3. The molecule has 0 spiro atoms. The van der Waals surface area contributed by atoms with Gasteiger partial charge in [0.25, 0.3) is 0 Å². The molecule has 0 aliphatic heterocycles. The molecule has 0 atom stereocenters. The molecule has 3 heterocycles. The average Bonchev–Trinajstić information content (AvgIpc) is 3.85. The third kappa shape index (κ3) is 4.71. The fourth-order valence-electron chi connectivity index (χ4n) is 8.52. The SMILES string of the molecule is c1cc(-c2nc(-c3ccc4ccc5oc6ccccc6c5c4c3)nc(-c3cc4ccccc4c4ccccc34)n2)cc(-c2cccc3oc4ccccc4c23)c1. The molecule has 5 nitrogen and oxygen atoms in total. The van der Waals surface area contributed by atoms with Crippen LogP contribution in [0.3, 0.4) is 0 Å². The monoisotopic (exact) mass is 715 g/mol. The highest BCUT2D eigenvalue weighted by Crippen LogP contribution is 2.40. The summed E-state index contributed by atoms with van der Waals surface area (Å²) in [6.45, 7) is 0. The van der Waals surface area contributed by atoms with Crippen molar-refractivity contribution in [3.05, 3.63) is 176 Å². The van der Waals surface area contributed by atoms with Gasteiger partial charge >= 0.3 is 0 Å². The van der Waals surface area contributed by atoms with Crippen molar-refractivity contribution < 1.29 is 8.83 Å². The first-order valence-corrected chi connectivity index (χ1v) is 18.8. The largest absolute Gasteiger partial charge is 0.456 e. The Morgan fingerprint density at radius 2 is 0.857 bits per heavy atom. The fourth-order valence-corrected chi connectivity index (χ4v) is 8.52. The molecule has 0 saturated heterocycles. The molecule has 12 aromatic rings. The molecule has 260 valence electrons. The Balaban J connectivity index is 1.11. The Labute approximate surface area is 320 Å². The van der Waals surface area contributed by atoms with Crippen LogP contribution in [0.4, 0.5) is 0 Å². The minimum absolute atomic E-state index is 0.598. The highest BCUT2D eigenvalue weighted by Gasteiger charge is 2.19. The Bertz CT molecular complexity index is 3560. The summed E-state index contributed by atoms with van der Waals surface area (Å²) in [5, 5.41) is 11.1. The quantitative estimate of drug-likeness (QED) is 0.170. The van der Waals surface area contributed by atoms with Crippen LogP contribution < -0.4 is 0 Å². The zero-order chi connectivity index (χ0) is 36.7. The van der Waals surface area contributed by atoms with Gasteiger partial charge in [0, 0.05) is 38.2 Å². The summed E-state index contributed by atoms with van der Waals surface area (Å²) >= 11 is 0. The summed E-state index contributed by atoms with van der Waals surface area (Å²) in [6.07, 6.45) is 0. The molecular formula is C51H29N3O2. The van der Waals surface area contributed by atoms with Crippen molar-refractivity contribution in [2.75, 3.05) is 0 Å². The summed E-state index contributed by atoms with van der Waals surface area (Å²) in [5.74, 6) is 1.81. The molecule has 5 heteroatoms. The van der Waals surface area contributed by atoms with E-state index in [1.807, 2.05) is 30.3 Å². The van der Waals surface area contributed by atoms with Crippen molar-refractivity contribution in [3.63, 3.8) is 0 Å². The first kappa shape index (κ1) is 30.8. The van der Waals surface area contributed by atoms with Crippen LogP contribution in [-0.2, 0) is 0 Å². The number of rotatable bonds is 4. The second-order valence-electron chi connectivity index (χ2n) is 14.3. The van der Waals surface area contributed by atoms with Gasteiger partial charge in [-0.05, 0) is 85.9 Å². The van der Waals surface area contributed by atoms with Crippen LogP contribution in [0.5, 0.6) is 0 Å². The third-order valence-electron chi connectivity index (χ3n) is 11.1. The zero-order valence-electron chi connectivity index (χ0n) is 29.9. The third-order valence-corrected chi connectivity index (χ3v) is 11.1. The minimum atomic E-state index is 0.598. The van der Waals surface area contributed by atoms with Crippen LogP contribution in [0, 0.1) is 0 Å². The molecule has 9 aromatic carbocycles. The van der Waals surface area contributed by atoms with Crippen LogP contribution >= 0.6 is 0 Å². The van der Waals surface area contributed by atoms with E-state index in [1.54, 1.807) is 0 Å². The second kappa shape index (κ2) is 11.9. The summed E-state index contributed by atoms with van der Waals surface area (Å²) < 4.78 is 12.5. The molecule has 0 amide bonds. The molecular weight excluding hydrogens is 687 g/mol. The summed E-state index contributed by atoms with van der Waals surface area (Å²) in [5.41, 5.74) is 8.35. The lowest BCUT2D eigenvalue weighted by atomic mass is 9.96. The van der Waals surface area contributed by atoms with E-state index < -0.39 is 0 Å². The average molecular weight is 716 g/mol. The zero-order valence-corrected chi connectivity index (χ0v) is 29.9. The van der Waals surface area contributed by atoms with Gasteiger partial charge < -0.3 is 8.83 Å². The van der Waals surface area contributed by atoms with E-state index in [1.165, 1.54) is 5.39 Å². The van der Waals surface area contributed by atoms with Gasteiger partial charge in [-0.1, -0.05) is 133 Å². The Morgan fingerprint density at radius 3 is 1.66 bits per heavy atom. The first-order chi connectivity index (χ1) is 27.7. The van der Waals surface area contributed by atoms with Crippen molar-refractivity contribution in [2.45, 2.75) is 0 Å². The molecule has 3 aromatic heterocycles. The predicted octanol–water partition coefficient (Wildman–Crippen LogP) is 13.8. The van der Waals surface area contributed by atoms with Crippen LogP contribution in [0.25, 0.3) is 121 Å². The molecule has 0 fully saturated rings. The van der Waals surface area contributed by atoms with Crippen LogP contribution in [0.15, 0.2) is 185 Å². The lowest BCUT2D eigenvalue weighted by Gasteiger charge is -2.13. The molecule has 0 saturated carbocycles. The summed E-state index contributed by atoms with van der Waals surface area (Å²) in [6, 6.07) is 61.0. The van der Waals surface area contributed by atoms with E-state index in [9.17, 15) is 0 Å². The van der Waals surface area contributed by atoms with Gasteiger partial charge in [0.05, 0.1) is 0 Å². The van der Waals surface area contributed by atoms with Crippen molar-refractivity contribution in [1.82, 2.24) is 15.0 Å². The normalized spacial score (nSPS) is 11.9. The van der Waals surface area contributed by atoms with Gasteiger partial charge in [0.1, 0.15) is 22.3 Å². The molecule has 0 aliphatic carbocycles. The van der Waals surface area contributed by atoms with Gasteiger partial charge in [-0.25, -0.2) is 15.0 Å². The first-order valence-electron chi connectivity index (χ1n) is 18.8. The highest BCUT2D eigenvalue weighted by atomic mass is 16.3. The lowest BCUT2D eigenvalue weighted by molar-refractivity contribution is 0.668. The van der Waals surface area contributed by atoms with E-state index in [-0.39, 0.29) is 0 Å². The van der Waals surface area contributed by atoms with Crippen molar-refractivity contribution in [3.8, 4) is 45.3 Å². The number of hydrogen-bond donors (Lipinski definition) is 0. The standard InChI is InChI=1S/C51H29N3O2/c1-2-14-35-32(11-1)28-42(38-16-4-3-15-37(35)38)51-53-49(33-13-9-12-31(27-33)36-19-10-22-45-47(36)39-17-5-7-20-43(39)55-45)52-50(54-51)34-24-23-30-25-26-46-48(41(30)29-34)40-18-6-8-21-44(40)56-46/h1-29H. The molecule has 0 aliphatic rings. The summed E-state index contributed by atoms with van der Waals surface area (Å²) in [7, 11) is 0. The van der Waals surface area contributed by atoms with E-state index in [4.69, 9.17) is 23.8 Å². The lowest BCUT2D eigenvalue weighted by Crippen LogP contribution is -2.01. The van der Waals surface area contributed by atoms with Gasteiger partial charge in [-0.2, -0.15) is 0 Å². The van der Waals surface area contributed by atoms with Crippen LogP contribution in [0.2, 0.25) is 0 Å². The number of para-hydroxylation sites is 2. The van der Waals surface area contributed by atoms with E-state index in [2.05, 4.69) is 146 Å². The number of fused-ring (bicyclic) bond motifs is 11. The fraction of sp³-hybridized carbons (Fsp3) is 0. The molecule has 0 N–H and O–H groups in total. The number of nitrogens with zero attached hydrogens (tertiary/aromatic N) is 3. The predicted molar refractivity (Wildman–Crippen MR) is 229 cm³/mol. The number of benzene rings is 9.